The van der Waals surface area contributed by atoms with Crippen LogP contribution in [0, 0.1) is 11.3 Å². The topological polar surface area (TPSA) is 90.5 Å². The molecular formula is C21H43N3O3. The fourth-order valence-electron chi connectivity index (χ4n) is 2.75. The molecule has 0 heterocycles. The van der Waals surface area contributed by atoms with Crippen LogP contribution in [-0.2, 0) is 9.59 Å². The average molecular weight is 386 g/mol. The van der Waals surface area contributed by atoms with Gasteiger partial charge in [-0.2, -0.15) is 0 Å². The van der Waals surface area contributed by atoms with Crippen molar-refractivity contribution >= 4 is 11.8 Å². The maximum atomic E-state index is 12.4. The molecule has 0 aliphatic heterocycles. The minimum Gasteiger partial charge on any atom is -0.383 e. The van der Waals surface area contributed by atoms with Crippen LogP contribution in [0.3, 0.4) is 0 Å². The molecule has 27 heavy (non-hydrogen) atoms. The van der Waals surface area contributed by atoms with Gasteiger partial charge >= 0.3 is 0 Å². The van der Waals surface area contributed by atoms with Crippen LogP contribution in [0.15, 0.2) is 0 Å². The highest BCUT2D eigenvalue weighted by Crippen LogP contribution is 2.28. The molecule has 160 valence electrons. The largest absolute Gasteiger partial charge is 0.383 e. The molecule has 0 fully saturated rings. The summed E-state index contributed by atoms with van der Waals surface area (Å²) in [7, 11) is 0. The van der Waals surface area contributed by atoms with E-state index in [4.69, 9.17) is 0 Å². The quantitative estimate of drug-likeness (QED) is 0.392. The molecule has 0 radical (unpaired) electrons. The molecule has 4 N–H and O–H groups in total. The third-order valence-corrected chi connectivity index (χ3v) is 4.73. The Hall–Kier alpha value is -1.14. The SMILES string of the molecule is CC(C)CNC(C)CCC(C)(C)C(O)C(=O)NC(C)CCC(=O)NC(C)C. The van der Waals surface area contributed by atoms with Crippen molar-refractivity contribution in [2.24, 2.45) is 11.3 Å². The number of carbonyl (C=O) groups excluding carboxylic acids is 2. The summed E-state index contributed by atoms with van der Waals surface area (Å²) in [5.74, 6) is 0.218. The molecule has 0 aromatic rings. The van der Waals surface area contributed by atoms with Gasteiger partial charge in [0.05, 0.1) is 0 Å². The average Bonchev–Trinajstić information content (AvgIpc) is 2.54. The normalized spacial score (nSPS) is 15.5. The molecule has 6 nitrogen and oxygen atoms in total. The minimum absolute atomic E-state index is 0.0186. The standard InChI is InChI=1S/C21H43N3O3/c1-14(2)13-22-16(5)11-12-21(7,8)19(26)20(27)24-17(6)9-10-18(25)23-15(3)4/h14-17,19,22,26H,9-13H2,1-8H3,(H,23,25)(H,24,27). The summed E-state index contributed by atoms with van der Waals surface area (Å²) in [6.45, 7) is 17.0. The van der Waals surface area contributed by atoms with Gasteiger partial charge in [-0.3, -0.25) is 9.59 Å². The van der Waals surface area contributed by atoms with Gasteiger partial charge in [0.2, 0.25) is 11.8 Å². The molecule has 2 amide bonds. The summed E-state index contributed by atoms with van der Waals surface area (Å²) in [5, 5.41) is 19.7. The Morgan fingerprint density at radius 2 is 1.52 bits per heavy atom. The van der Waals surface area contributed by atoms with Crippen LogP contribution in [0.2, 0.25) is 0 Å². The first-order valence-corrected chi connectivity index (χ1v) is 10.4. The van der Waals surface area contributed by atoms with Crippen molar-refractivity contribution in [2.45, 2.75) is 105 Å². The number of aliphatic hydroxyl groups excluding tert-OH is 1. The third kappa shape index (κ3) is 12.0. The lowest BCUT2D eigenvalue weighted by molar-refractivity contribution is -0.136. The number of hydrogen-bond donors (Lipinski definition) is 4. The summed E-state index contributed by atoms with van der Waals surface area (Å²) in [6.07, 6.45) is 1.49. The Balaban J connectivity index is 4.36. The smallest absolute Gasteiger partial charge is 0.249 e. The first-order chi connectivity index (χ1) is 12.3. The van der Waals surface area contributed by atoms with Crippen LogP contribution < -0.4 is 16.0 Å². The van der Waals surface area contributed by atoms with E-state index in [0.29, 0.717) is 24.8 Å². The lowest BCUT2D eigenvalue weighted by Crippen LogP contribution is -2.47. The molecule has 0 aromatic heterocycles. The van der Waals surface area contributed by atoms with E-state index in [2.05, 4.69) is 36.7 Å². The summed E-state index contributed by atoms with van der Waals surface area (Å²) < 4.78 is 0. The monoisotopic (exact) mass is 385 g/mol. The van der Waals surface area contributed by atoms with Gasteiger partial charge in [-0.1, -0.05) is 27.7 Å². The second-order valence-electron chi connectivity index (χ2n) is 9.30. The fraction of sp³-hybridized carbons (Fsp3) is 0.905. The van der Waals surface area contributed by atoms with Crippen LogP contribution in [-0.4, -0.2) is 47.7 Å². The molecule has 0 saturated carbocycles. The van der Waals surface area contributed by atoms with Crippen molar-refractivity contribution in [2.75, 3.05) is 6.54 Å². The van der Waals surface area contributed by atoms with Gasteiger partial charge < -0.3 is 21.1 Å². The highest BCUT2D eigenvalue weighted by atomic mass is 16.3. The predicted molar refractivity (Wildman–Crippen MR) is 111 cm³/mol. The Labute approximate surface area is 166 Å². The number of aliphatic hydroxyl groups is 1. The van der Waals surface area contributed by atoms with Crippen LogP contribution in [0.4, 0.5) is 0 Å². The summed E-state index contributed by atoms with van der Waals surface area (Å²) >= 11 is 0. The lowest BCUT2D eigenvalue weighted by atomic mass is 9.80. The van der Waals surface area contributed by atoms with E-state index >= 15 is 0 Å². The van der Waals surface area contributed by atoms with Gasteiger partial charge in [0.25, 0.3) is 0 Å². The van der Waals surface area contributed by atoms with E-state index in [-0.39, 0.29) is 23.9 Å². The Morgan fingerprint density at radius 1 is 0.926 bits per heavy atom. The third-order valence-electron chi connectivity index (χ3n) is 4.73. The summed E-state index contributed by atoms with van der Waals surface area (Å²) in [4.78, 5) is 24.1. The molecule has 3 atom stereocenters. The first kappa shape index (κ1) is 25.9. The van der Waals surface area contributed by atoms with Crippen molar-refractivity contribution in [3.63, 3.8) is 0 Å². The van der Waals surface area contributed by atoms with Gasteiger partial charge in [-0.05, 0) is 64.8 Å². The van der Waals surface area contributed by atoms with Crippen LogP contribution in [0.1, 0.15) is 81.1 Å². The zero-order valence-electron chi connectivity index (χ0n) is 18.7. The number of rotatable bonds is 13. The second-order valence-corrected chi connectivity index (χ2v) is 9.30. The lowest BCUT2D eigenvalue weighted by Gasteiger charge is -2.31. The number of nitrogens with one attached hydrogen (secondary N) is 3. The zero-order valence-corrected chi connectivity index (χ0v) is 18.7. The van der Waals surface area contributed by atoms with Crippen molar-refractivity contribution in [3.8, 4) is 0 Å². The number of amides is 2. The predicted octanol–water partition coefficient (Wildman–Crippen LogP) is 2.60. The number of carbonyl (C=O) groups is 2. The highest BCUT2D eigenvalue weighted by Gasteiger charge is 2.34. The molecule has 0 aliphatic rings. The zero-order chi connectivity index (χ0) is 21.2. The molecule has 0 saturated heterocycles. The van der Waals surface area contributed by atoms with Gasteiger partial charge in [0.15, 0.2) is 0 Å². The van der Waals surface area contributed by atoms with E-state index in [0.717, 1.165) is 19.4 Å². The van der Waals surface area contributed by atoms with Gasteiger partial charge in [0, 0.05) is 24.5 Å². The Kier molecular flexibility index (Phi) is 11.8. The van der Waals surface area contributed by atoms with E-state index in [1.54, 1.807) is 0 Å². The summed E-state index contributed by atoms with van der Waals surface area (Å²) in [5.41, 5.74) is -0.507. The molecule has 6 heteroatoms. The highest BCUT2D eigenvalue weighted by molar-refractivity contribution is 5.81. The maximum Gasteiger partial charge on any atom is 0.249 e. The van der Waals surface area contributed by atoms with Crippen LogP contribution in [0.5, 0.6) is 0 Å². The Morgan fingerprint density at radius 3 is 2.04 bits per heavy atom. The first-order valence-electron chi connectivity index (χ1n) is 10.4. The molecule has 0 bridgehead atoms. The minimum atomic E-state index is -1.07. The van der Waals surface area contributed by atoms with E-state index in [9.17, 15) is 14.7 Å². The van der Waals surface area contributed by atoms with E-state index < -0.39 is 11.5 Å². The molecule has 0 rings (SSSR count). The van der Waals surface area contributed by atoms with Gasteiger partial charge in [-0.25, -0.2) is 0 Å². The van der Waals surface area contributed by atoms with Crippen molar-refractivity contribution in [1.82, 2.24) is 16.0 Å². The number of hydrogen-bond acceptors (Lipinski definition) is 4. The molecule has 0 spiro atoms. The van der Waals surface area contributed by atoms with Crippen molar-refractivity contribution < 1.29 is 14.7 Å². The summed E-state index contributed by atoms with van der Waals surface area (Å²) in [6, 6.07) is 0.301. The molecule has 0 aromatic carbocycles. The molecular weight excluding hydrogens is 342 g/mol. The van der Waals surface area contributed by atoms with Gasteiger partial charge in [-0.15, -0.1) is 0 Å². The molecule has 0 aliphatic carbocycles. The van der Waals surface area contributed by atoms with Crippen LogP contribution >= 0.6 is 0 Å². The van der Waals surface area contributed by atoms with Crippen LogP contribution in [0.25, 0.3) is 0 Å². The Bertz CT molecular complexity index is 450. The second kappa shape index (κ2) is 12.3. The van der Waals surface area contributed by atoms with Crippen molar-refractivity contribution in [3.05, 3.63) is 0 Å². The van der Waals surface area contributed by atoms with E-state index in [1.165, 1.54) is 0 Å². The van der Waals surface area contributed by atoms with Crippen molar-refractivity contribution in [1.29, 1.82) is 0 Å². The van der Waals surface area contributed by atoms with E-state index in [1.807, 2.05) is 34.6 Å². The fourth-order valence-corrected chi connectivity index (χ4v) is 2.75. The molecule has 3 unspecified atom stereocenters. The van der Waals surface area contributed by atoms with Gasteiger partial charge in [0.1, 0.15) is 6.10 Å². The maximum absolute atomic E-state index is 12.4.